The van der Waals surface area contributed by atoms with Crippen molar-refractivity contribution >= 4 is 11.4 Å². The van der Waals surface area contributed by atoms with Crippen LogP contribution in [0.2, 0.25) is 0 Å². The summed E-state index contributed by atoms with van der Waals surface area (Å²) in [5.74, 6) is 0.816. The zero-order chi connectivity index (χ0) is 16.7. The van der Waals surface area contributed by atoms with Crippen LogP contribution in [-0.2, 0) is 0 Å². The van der Waals surface area contributed by atoms with Gasteiger partial charge >= 0.3 is 0 Å². The predicted octanol–water partition coefficient (Wildman–Crippen LogP) is 6.01. The van der Waals surface area contributed by atoms with Crippen molar-refractivity contribution in [3.05, 3.63) is 95.1 Å². The number of nitrogens with zero attached hydrogens (tertiary/aromatic N) is 1. The number of hydrogen-bond donors (Lipinski definition) is 0. The van der Waals surface area contributed by atoms with E-state index in [9.17, 15) is 0 Å². The lowest BCUT2D eigenvalue weighted by atomic mass is 9.75. The summed E-state index contributed by atoms with van der Waals surface area (Å²) in [6.07, 6.45) is 0. The van der Waals surface area contributed by atoms with Crippen molar-refractivity contribution in [2.45, 2.75) is 25.7 Å². The quantitative estimate of drug-likeness (QED) is 0.560. The molecular formula is C23H23N. The Kier molecular flexibility index (Phi) is 3.65. The van der Waals surface area contributed by atoms with E-state index in [-0.39, 0.29) is 0 Å². The molecule has 0 amide bonds. The van der Waals surface area contributed by atoms with E-state index in [0.717, 1.165) is 0 Å². The van der Waals surface area contributed by atoms with Crippen LogP contribution >= 0.6 is 0 Å². The Hall–Kier alpha value is -2.54. The van der Waals surface area contributed by atoms with E-state index in [1.165, 1.54) is 33.6 Å². The highest BCUT2D eigenvalue weighted by molar-refractivity contribution is 5.76. The van der Waals surface area contributed by atoms with Crippen LogP contribution < -0.4 is 4.90 Å². The molecular weight excluding hydrogens is 290 g/mol. The van der Waals surface area contributed by atoms with Crippen molar-refractivity contribution in [1.82, 2.24) is 0 Å². The van der Waals surface area contributed by atoms with E-state index in [1.54, 1.807) is 0 Å². The fourth-order valence-corrected chi connectivity index (χ4v) is 4.09. The Bertz CT molecular complexity index is 833. The first kappa shape index (κ1) is 15.0. The van der Waals surface area contributed by atoms with Crippen LogP contribution in [0.4, 0.5) is 11.4 Å². The van der Waals surface area contributed by atoms with Crippen LogP contribution in [0.3, 0.4) is 0 Å². The molecule has 4 rings (SSSR count). The Morgan fingerprint density at radius 2 is 1.38 bits per heavy atom. The molecule has 1 atom stereocenters. The first-order chi connectivity index (χ1) is 11.7. The third-order valence-corrected chi connectivity index (χ3v) is 5.33. The molecule has 0 saturated heterocycles. The van der Waals surface area contributed by atoms with E-state index in [0.29, 0.717) is 11.8 Å². The van der Waals surface area contributed by atoms with Crippen molar-refractivity contribution in [1.29, 1.82) is 0 Å². The largest absolute Gasteiger partial charge is 0.344 e. The monoisotopic (exact) mass is 313 g/mol. The lowest BCUT2D eigenvalue weighted by Gasteiger charge is -2.38. The summed E-state index contributed by atoms with van der Waals surface area (Å²) >= 11 is 0. The van der Waals surface area contributed by atoms with Gasteiger partial charge in [-0.05, 0) is 41.7 Å². The van der Waals surface area contributed by atoms with Crippen LogP contribution in [0.15, 0.2) is 72.8 Å². The lowest BCUT2D eigenvalue weighted by Crippen LogP contribution is -2.24. The van der Waals surface area contributed by atoms with Gasteiger partial charge in [0.1, 0.15) is 0 Å². The predicted molar refractivity (Wildman–Crippen MR) is 102 cm³/mol. The van der Waals surface area contributed by atoms with Gasteiger partial charge in [0.25, 0.3) is 0 Å². The Morgan fingerprint density at radius 3 is 1.96 bits per heavy atom. The van der Waals surface area contributed by atoms with Crippen LogP contribution in [0.5, 0.6) is 0 Å². The molecule has 0 bridgehead atoms. The second-order valence-corrected chi connectivity index (χ2v) is 6.86. The first-order valence-electron chi connectivity index (χ1n) is 8.65. The summed E-state index contributed by atoms with van der Waals surface area (Å²) in [6, 6.07) is 26.6. The summed E-state index contributed by atoms with van der Waals surface area (Å²) < 4.78 is 0. The Morgan fingerprint density at radius 1 is 0.792 bits per heavy atom. The highest BCUT2D eigenvalue weighted by atomic mass is 15.1. The maximum Gasteiger partial charge on any atom is 0.0447 e. The maximum absolute atomic E-state index is 2.36. The molecule has 0 spiro atoms. The van der Waals surface area contributed by atoms with Gasteiger partial charge in [0.2, 0.25) is 0 Å². The van der Waals surface area contributed by atoms with Crippen LogP contribution in [0, 0.1) is 6.92 Å². The summed E-state index contributed by atoms with van der Waals surface area (Å²) in [5, 5.41) is 0. The summed E-state index contributed by atoms with van der Waals surface area (Å²) in [4.78, 5) is 2.32. The highest BCUT2D eigenvalue weighted by Gasteiger charge is 2.32. The maximum atomic E-state index is 2.36. The minimum absolute atomic E-state index is 0.385. The summed E-state index contributed by atoms with van der Waals surface area (Å²) in [5.41, 5.74) is 8.23. The third kappa shape index (κ3) is 2.32. The average molecular weight is 313 g/mol. The molecule has 1 unspecified atom stereocenters. The minimum Gasteiger partial charge on any atom is -0.344 e. The Balaban J connectivity index is 1.90. The van der Waals surface area contributed by atoms with Crippen molar-refractivity contribution in [3.8, 4) is 0 Å². The molecule has 120 valence electrons. The van der Waals surface area contributed by atoms with Gasteiger partial charge in [-0.1, -0.05) is 73.2 Å². The third-order valence-electron chi connectivity index (χ3n) is 5.33. The second-order valence-electron chi connectivity index (χ2n) is 6.86. The van der Waals surface area contributed by atoms with Crippen molar-refractivity contribution in [3.63, 3.8) is 0 Å². The Labute approximate surface area is 144 Å². The molecule has 24 heavy (non-hydrogen) atoms. The minimum atomic E-state index is 0.385. The first-order valence-corrected chi connectivity index (χ1v) is 8.65. The number of fused-ring (bicyclic) bond motifs is 2. The van der Waals surface area contributed by atoms with Crippen LogP contribution in [-0.4, -0.2) is 7.05 Å². The normalized spacial score (nSPS) is 14.9. The number of benzene rings is 3. The highest BCUT2D eigenvalue weighted by Crippen LogP contribution is 2.50. The topological polar surface area (TPSA) is 3.24 Å². The molecule has 1 aliphatic rings. The molecule has 0 saturated carbocycles. The van der Waals surface area contributed by atoms with Gasteiger partial charge in [0, 0.05) is 24.3 Å². The molecule has 0 fully saturated rings. The van der Waals surface area contributed by atoms with Crippen LogP contribution in [0.1, 0.15) is 41.0 Å². The molecule has 1 aliphatic heterocycles. The van der Waals surface area contributed by atoms with Gasteiger partial charge in [0.05, 0.1) is 0 Å². The standard InChI is InChI=1S/C23H23N/c1-16-9-8-10-18(15-16)17(2)23-19-11-4-6-13-21(19)24(3)22-14-7-5-12-20(22)23/h4-15,17,23H,1-3H3. The van der Waals surface area contributed by atoms with Gasteiger partial charge in [-0.2, -0.15) is 0 Å². The van der Waals surface area contributed by atoms with Gasteiger partial charge < -0.3 is 4.90 Å². The fourth-order valence-electron chi connectivity index (χ4n) is 4.09. The molecule has 0 aromatic heterocycles. The summed E-state index contributed by atoms with van der Waals surface area (Å²) in [7, 11) is 2.17. The van der Waals surface area contributed by atoms with Crippen LogP contribution in [0.25, 0.3) is 0 Å². The van der Waals surface area contributed by atoms with Crippen molar-refractivity contribution < 1.29 is 0 Å². The zero-order valence-electron chi connectivity index (χ0n) is 14.5. The smallest absolute Gasteiger partial charge is 0.0447 e. The molecule has 0 N–H and O–H groups in total. The van der Waals surface area contributed by atoms with Gasteiger partial charge in [0.15, 0.2) is 0 Å². The number of hydrogen-bond acceptors (Lipinski definition) is 1. The van der Waals surface area contributed by atoms with Gasteiger partial charge in [-0.15, -0.1) is 0 Å². The molecule has 3 aromatic carbocycles. The molecule has 1 nitrogen and oxygen atoms in total. The van der Waals surface area contributed by atoms with E-state index >= 15 is 0 Å². The molecule has 3 aromatic rings. The zero-order valence-corrected chi connectivity index (χ0v) is 14.5. The number of aryl methyl sites for hydroxylation is 1. The number of anilines is 2. The van der Waals surface area contributed by atoms with E-state index < -0.39 is 0 Å². The SMILES string of the molecule is Cc1cccc(C(C)C2c3ccccc3N(C)c3ccccc32)c1. The molecule has 0 radical (unpaired) electrons. The number of para-hydroxylation sites is 2. The van der Waals surface area contributed by atoms with E-state index in [1.807, 2.05) is 0 Å². The number of rotatable bonds is 2. The fraction of sp³-hybridized carbons (Fsp3) is 0.217. The molecule has 0 aliphatic carbocycles. The summed E-state index contributed by atoms with van der Waals surface area (Å²) in [6.45, 7) is 4.53. The van der Waals surface area contributed by atoms with Gasteiger partial charge in [-0.25, -0.2) is 0 Å². The van der Waals surface area contributed by atoms with E-state index in [4.69, 9.17) is 0 Å². The molecule has 1 heteroatoms. The molecule has 1 heterocycles. The average Bonchev–Trinajstić information content (AvgIpc) is 2.62. The second kappa shape index (κ2) is 5.83. The van der Waals surface area contributed by atoms with Crippen molar-refractivity contribution in [2.75, 3.05) is 11.9 Å². The lowest BCUT2D eigenvalue weighted by molar-refractivity contribution is 0.649. The van der Waals surface area contributed by atoms with Crippen molar-refractivity contribution in [2.24, 2.45) is 0 Å². The van der Waals surface area contributed by atoms with E-state index in [2.05, 4.69) is 98.6 Å². The van der Waals surface area contributed by atoms with Gasteiger partial charge in [-0.3, -0.25) is 0 Å².